The van der Waals surface area contributed by atoms with Gasteiger partial charge in [-0.25, -0.2) is 0 Å². The molecule has 0 radical (unpaired) electrons. The highest BCUT2D eigenvalue weighted by Gasteiger charge is 2.28. The minimum absolute atomic E-state index is 0.217. The minimum atomic E-state index is -0.902. The summed E-state index contributed by atoms with van der Waals surface area (Å²) in [6, 6.07) is 6.46. The number of amides is 4. The van der Waals surface area contributed by atoms with Crippen LogP contribution >= 0.6 is 0 Å². The zero-order chi connectivity index (χ0) is 37.5. The molecule has 0 saturated carbocycles. The van der Waals surface area contributed by atoms with Crippen molar-refractivity contribution >= 4 is 23.6 Å². The van der Waals surface area contributed by atoms with Crippen molar-refractivity contribution in [2.24, 2.45) is 22.9 Å². The van der Waals surface area contributed by atoms with Gasteiger partial charge in [0.05, 0.1) is 12.1 Å². The quantitative estimate of drug-likeness (QED) is 0.0515. The summed E-state index contributed by atoms with van der Waals surface area (Å²) in [7, 11) is 0. The third-order valence-electron chi connectivity index (χ3n) is 9.21. The lowest BCUT2D eigenvalue weighted by Gasteiger charge is -2.24. The van der Waals surface area contributed by atoms with E-state index in [1.807, 2.05) is 30.3 Å². The Kier molecular flexibility index (Phi) is 27.5. The Morgan fingerprint density at radius 2 is 1.00 bits per heavy atom. The van der Waals surface area contributed by atoms with Crippen molar-refractivity contribution in [2.45, 2.75) is 160 Å². The maximum atomic E-state index is 13.8. The van der Waals surface area contributed by atoms with Crippen LogP contribution in [0.15, 0.2) is 30.3 Å². The number of rotatable bonds is 32. The van der Waals surface area contributed by atoms with Gasteiger partial charge in [0.1, 0.15) is 12.1 Å². The van der Waals surface area contributed by atoms with Crippen LogP contribution < -0.4 is 44.2 Å². The van der Waals surface area contributed by atoms with Gasteiger partial charge >= 0.3 is 0 Å². The Hall–Kier alpha value is -3.06. The summed E-state index contributed by atoms with van der Waals surface area (Å²) >= 11 is 0. The van der Waals surface area contributed by atoms with E-state index in [2.05, 4.69) is 28.2 Å². The van der Waals surface area contributed by atoms with Gasteiger partial charge in [0.15, 0.2) is 0 Å². The second-order valence-electron chi connectivity index (χ2n) is 13.9. The molecule has 0 aromatic heterocycles. The van der Waals surface area contributed by atoms with Crippen LogP contribution in [0.25, 0.3) is 0 Å². The van der Waals surface area contributed by atoms with Gasteiger partial charge in [-0.3, -0.25) is 19.2 Å². The topological polar surface area (TPSA) is 220 Å². The molecule has 0 bridgehead atoms. The lowest BCUT2D eigenvalue weighted by Crippen LogP contribution is -2.56. The molecule has 12 N–H and O–H groups in total. The number of hydrogen-bond acceptors (Lipinski definition) is 8. The Bertz CT molecular complexity index is 1060. The van der Waals surface area contributed by atoms with Gasteiger partial charge in [0.25, 0.3) is 0 Å². The molecule has 0 aliphatic rings. The van der Waals surface area contributed by atoms with E-state index in [9.17, 15) is 19.2 Å². The monoisotopic (exact) mass is 717 g/mol. The van der Waals surface area contributed by atoms with E-state index in [-0.39, 0.29) is 11.8 Å². The Labute approximate surface area is 308 Å². The second kappa shape index (κ2) is 30.6. The number of unbranched alkanes of at least 4 members (excludes halogenated alkanes) is 12. The zero-order valence-electron chi connectivity index (χ0n) is 31.6. The van der Waals surface area contributed by atoms with Crippen molar-refractivity contribution in [2.75, 3.05) is 26.2 Å². The van der Waals surface area contributed by atoms with Gasteiger partial charge in [0.2, 0.25) is 23.6 Å². The lowest BCUT2D eigenvalue weighted by atomic mass is 10.0. The molecule has 0 aliphatic carbocycles. The third kappa shape index (κ3) is 23.2. The fraction of sp³-hybridized carbons (Fsp3) is 0.744. The van der Waals surface area contributed by atoms with Crippen LogP contribution in [-0.4, -0.2) is 74.0 Å². The van der Waals surface area contributed by atoms with E-state index in [1.165, 1.54) is 44.9 Å². The molecule has 1 aromatic rings. The number of carbonyl (C=O) groups is 4. The molecule has 0 saturated heterocycles. The first-order valence-corrected chi connectivity index (χ1v) is 19.8. The van der Waals surface area contributed by atoms with Gasteiger partial charge < -0.3 is 44.2 Å². The molecule has 51 heavy (non-hydrogen) atoms. The predicted molar refractivity (Wildman–Crippen MR) is 207 cm³/mol. The molecule has 0 fully saturated rings. The van der Waals surface area contributed by atoms with Crippen LogP contribution in [0.4, 0.5) is 0 Å². The van der Waals surface area contributed by atoms with Crippen molar-refractivity contribution in [3.05, 3.63) is 35.9 Å². The highest BCUT2D eigenvalue weighted by atomic mass is 16.2. The predicted octanol–water partition coefficient (Wildman–Crippen LogP) is 3.43. The molecular formula is C39H72N8O4. The van der Waals surface area contributed by atoms with Crippen molar-refractivity contribution in [1.82, 2.24) is 21.3 Å². The van der Waals surface area contributed by atoms with E-state index in [0.29, 0.717) is 71.1 Å². The van der Waals surface area contributed by atoms with E-state index in [0.717, 1.165) is 44.1 Å². The number of nitrogens with two attached hydrogens (primary N) is 4. The van der Waals surface area contributed by atoms with Crippen molar-refractivity contribution < 1.29 is 19.2 Å². The Morgan fingerprint density at radius 1 is 0.529 bits per heavy atom. The van der Waals surface area contributed by atoms with E-state index < -0.39 is 36.0 Å². The summed E-state index contributed by atoms with van der Waals surface area (Å²) in [6.07, 6.45) is 17.9. The van der Waals surface area contributed by atoms with Gasteiger partial charge in [-0.15, -0.1) is 0 Å². The highest BCUT2D eigenvalue weighted by Crippen LogP contribution is 2.11. The van der Waals surface area contributed by atoms with Crippen LogP contribution in [-0.2, 0) is 25.6 Å². The van der Waals surface area contributed by atoms with E-state index in [1.54, 1.807) is 0 Å². The Morgan fingerprint density at radius 3 is 1.57 bits per heavy atom. The molecule has 12 heteroatoms. The summed E-state index contributed by atoms with van der Waals surface area (Å²) in [5.41, 5.74) is 24.2. The molecule has 292 valence electrons. The zero-order valence-corrected chi connectivity index (χ0v) is 31.6. The van der Waals surface area contributed by atoms with E-state index >= 15 is 0 Å². The van der Waals surface area contributed by atoms with Gasteiger partial charge in [0, 0.05) is 19.5 Å². The van der Waals surface area contributed by atoms with Crippen LogP contribution in [0.2, 0.25) is 0 Å². The van der Waals surface area contributed by atoms with Gasteiger partial charge in [-0.1, -0.05) is 108 Å². The molecule has 0 unspecified atom stereocenters. The first-order chi connectivity index (χ1) is 24.7. The van der Waals surface area contributed by atoms with Gasteiger partial charge in [-0.2, -0.15) is 0 Å². The fourth-order valence-electron chi connectivity index (χ4n) is 5.92. The molecule has 0 aliphatic heterocycles. The number of carbonyl (C=O) groups excluding carboxylic acids is 4. The van der Waals surface area contributed by atoms with Crippen LogP contribution in [0.3, 0.4) is 0 Å². The number of nitrogens with one attached hydrogen (secondary N) is 4. The maximum Gasteiger partial charge on any atom is 0.243 e. The summed E-state index contributed by atoms with van der Waals surface area (Å²) < 4.78 is 0. The largest absolute Gasteiger partial charge is 0.355 e. The first kappa shape index (κ1) is 46.0. The van der Waals surface area contributed by atoms with Crippen molar-refractivity contribution in [3.63, 3.8) is 0 Å². The van der Waals surface area contributed by atoms with Crippen LogP contribution in [0, 0.1) is 0 Å². The molecule has 1 aromatic carbocycles. The molecule has 12 nitrogen and oxygen atoms in total. The first-order valence-electron chi connectivity index (χ1n) is 19.8. The molecule has 0 heterocycles. The molecule has 1 rings (SSSR count). The van der Waals surface area contributed by atoms with Crippen molar-refractivity contribution in [1.29, 1.82) is 0 Å². The minimum Gasteiger partial charge on any atom is -0.355 e. The summed E-state index contributed by atoms with van der Waals surface area (Å²) in [5.74, 6) is -1.34. The third-order valence-corrected chi connectivity index (χ3v) is 9.21. The second-order valence-corrected chi connectivity index (χ2v) is 13.9. The maximum absolute atomic E-state index is 13.8. The lowest BCUT2D eigenvalue weighted by molar-refractivity contribution is -0.132. The molecule has 0 spiro atoms. The standard InChI is InChI=1S/C39H72N8O4/c1-2-3-4-5-6-7-8-9-10-19-28-45-38(50)35(30-31-21-12-11-13-22-31)47-39(51)34(46-37(49)33(43)24-15-18-27-41)25-16-20-29-44-36(48)32(42)23-14-17-26-40/h11-13,21-22,32-35H,2-10,14-20,23-30,40-43H2,1H3,(H,44,48)(H,45,50)(H,46,49)(H,47,51)/t32-,33-,34-,35-/m0/s1. The normalized spacial score (nSPS) is 13.5. The number of hydrogen-bond donors (Lipinski definition) is 8. The molecule has 4 atom stereocenters. The average molecular weight is 717 g/mol. The van der Waals surface area contributed by atoms with Gasteiger partial charge in [-0.05, 0) is 70.0 Å². The molecule has 4 amide bonds. The fourth-order valence-corrected chi connectivity index (χ4v) is 5.92. The summed E-state index contributed by atoms with van der Waals surface area (Å²) in [5, 5.41) is 11.6. The summed E-state index contributed by atoms with van der Waals surface area (Å²) in [4.78, 5) is 52.6. The van der Waals surface area contributed by atoms with Crippen LogP contribution in [0.5, 0.6) is 0 Å². The van der Waals surface area contributed by atoms with E-state index in [4.69, 9.17) is 22.9 Å². The highest BCUT2D eigenvalue weighted by molar-refractivity contribution is 5.93. The SMILES string of the molecule is CCCCCCCCCCCCNC(=O)[C@H](Cc1ccccc1)NC(=O)[C@H](CCCCNC(=O)[C@@H](N)CCCCN)NC(=O)[C@@H](N)CCCCN. The number of benzene rings is 1. The summed E-state index contributed by atoms with van der Waals surface area (Å²) in [6.45, 7) is 4.24. The van der Waals surface area contributed by atoms with Crippen molar-refractivity contribution in [3.8, 4) is 0 Å². The smallest absolute Gasteiger partial charge is 0.243 e. The van der Waals surface area contributed by atoms with Crippen LogP contribution in [0.1, 0.15) is 134 Å². The Balaban J connectivity index is 2.80. The molecular weight excluding hydrogens is 644 g/mol. The average Bonchev–Trinajstić information content (AvgIpc) is 3.13.